The SMILES string of the molecule is O=C(CN(c1ccc(Cl)cc1)S(=O)(=O)c1ccccc1)N/N=C/c1ccccc1O. The maximum atomic E-state index is 13.1. The Hall–Kier alpha value is -3.36. The van der Waals surface area contributed by atoms with Crippen molar-refractivity contribution in [2.75, 3.05) is 10.8 Å². The molecule has 0 atom stereocenters. The quantitative estimate of drug-likeness (QED) is 0.432. The van der Waals surface area contributed by atoms with E-state index in [0.717, 1.165) is 4.31 Å². The standard InChI is InChI=1S/C21H18ClN3O4S/c22-17-10-12-18(13-11-17)25(30(28,29)19-7-2-1-3-8-19)15-21(27)24-23-14-16-6-4-5-9-20(16)26/h1-14,26H,15H2,(H,24,27)/b23-14+. The first-order chi connectivity index (χ1) is 14.4. The highest BCUT2D eigenvalue weighted by atomic mass is 35.5. The molecule has 0 heterocycles. The molecule has 3 rings (SSSR count). The highest BCUT2D eigenvalue weighted by Gasteiger charge is 2.27. The maximum absolute atomic E-state index is 13.1. The van der Waals surface area contributed by atoms with E-state index in [4.69, 9.17) is 11.6 Å². The van der Waals surface area contributed by atoms with Crippen molar-refractivity contribution in [3.8, 4) is 5.75 Å². The number of phenols is 1. The summed E-state index contributed by atoms with van der Waals surface area (Å²) in [6.07, 6.45) is 1.27. The van der Waals surface area contributed by atoms with E-state index in [2.05, 4.69) is 10.5 Å². The molecule has 0 saturated carbocycles. The van der Waals surface area contributed by atoms with Gasteiger partial charge in [0.15, 0.2) is 0 Å². The van der Waals surface area contributed by atoms with Crippen LogP contribution in [-0.4, -0.2) is 32.2 Å². The van der Waals surface area contributed by atoms with E-state index in [1.807, 2.05) is 0 Å². The number of carbonyl (C=O) groups is 1. The Morgan fingerprint density at radius 1 is 1.00 bits per heavy atom. The molecule has 2 N–H and O–H groups in total. The van der Waals surface area contributed by atoms with E-state index in [9.17, 15) is 18.3 Å². The summed E-state index contributed by atoms with van der Waals surface area (Å²) >= 11 is 5.91. The summed E-state index contributed by atoms with van der Waals surface area (Å²) in [6.45, 7) is -0.503. The van der Waals surface area contributed by atoms with Gasteiger partial charge in [-0.05, 0) is 48.5 Å². The van der Waals surface area contributed by atoms with Crippen molar-refractivity contribution >= 4 is 39.4 Å². The van der Waals surface area contributed by atoms with Gasteiger partial charge in [-0.25, -0.2) is 13.8 Å². The third-order valence-corrected chi connectivity index (χ3v) is 6.10. The average Bonchev–Trinajstić information content (AvgIpc) is 2.75. The van der Waals surface area contributed by atoms with E-state index in [0.29, 0.717) is 10.6 Å². The van der Waals surface area contributed by atoms with Crippen LogP contribution in [0.25, 0.3) is 0 Å². The van der Waals surface area contributed by atoms with Crippen LogP contribution in [0.15, 0.2) is 88.9 Å². The largest absolute Gasteiger partial charge is 0.507 e. The molecule has 1 amide bonds. The van der Waals surface area contributed by atoms with Crippen LogP contribution in [0, 0.1) is 0 Å². The van der Waals surface area contributed by atoms with Gasteiger partial charge in [-0.3, -0.25) is 9.10 Å². The summed E-state index contributed by atoms with van der Waals surface area (Å²) in [6, 6.07) is 20.4. The molecule has 0 aliphatic carbocycles. The number of para-hydroxylation sites is 1. The second-order valence-corrected chi connectivity index (χ2v) is 8.45. The molecular weight excluding hydrogens is 426 g/mol. The third-order valence-electron chi connectivity index (χ3n) is 4.06. The lowest BCUT2D eigenvalue weighted by Gasteiger charge is -2.23. The molecular formula is C21H18ClN3O4S. The maximum Gasteiger partial charge on any atom is 0.264 e. The van der Waals surface area contributed by atoms with Crippen LogP contribution in [0.4, 0.5) is 5.69 Å². The van der Waals surface area contributed by atoms with Crippen LogP contribution in [0.2, 0.25) is 5.02 Å². The number of benzene rings is 3. The van der Waals surface area contributed by atoms with Crippen molar-refractivity contribution in [1.29, 1.82) is 0 Å². The molecule has 0 aliphatic heterocycles. The number of halogens is 1. The van der Waals surface area contributed by atoms with Gasteiger partial charge in [-0.1, -0.05) is 41.9 Å². The van der Waals surface area contributed by atoms with Crippen LogP contribution in [0.3, 0.4) is 0 Å². The van der Waals surface area contributed by atoms with Gasteiger partial charge >= 0.3 is 0 Å². The lowest BCUT2D eigenvalue weighted by Crippen LogP contribution is -2.39. The molecule has 0 radical (unpaired) electrons. The van der Waals surface area contributed by atoms with E-state index in [-0.39, 0.29) is 16.3 Å². The van der Waals surface area contributed by atoms with Crippen molar-refractivity contribution in [3.63, 3.8) is 0 Å². The van der Waals surface area contributed by atoms with Gasteiger partial charge in [0.05, 0.1) is 16.8 Å². The molecule has 3 aromatic rings. The number of nitrogens with zero attached hydrogens (tertiary/aromatic N) is 2. The van der Waals surface area contributed by atoms with Gasteiger partial charge in [0, 0.05) is 10.6 Å². The summed E-state index contributed by atoms with van der Waals surface area (Å²) in [5, 5.41) is 14.0. The summed E-state index contributed by atoms with van der Waals surface area (Å²) in [5.74, 6) is -0.652. The lowest BCUT2D eigenvalue weighted by molar-refractivity contribution is -0.119. The number of hydrazone groups is 1. The Bertz CT molecular complexity index is 1150. The Morgan fingerprint density at radius 3 is 2.30 bits per heavy atom. The molecule has 0 aromatic heterocycles. The summed E-state index contributed by atoms with van der Waals surface area (Å²) in [7, 11) is -4.01. The molecule has 0 spiro atoms. The van der Waals surface area contributed by atoms with Crippen molar-refractivity contribution in [1.82, 2.24) is 5.43 Å². The van der Waals surface area contributed by atoms with Crippen molar-refractivity contribution < 1.29 is 18.3 Å². The molecule has 0 bridgehead atoms. The highest BCUT2D eigenvalue weighted by molar-refractivity contribution is 7.92. The minimum absolute atomic E-state index is 0.00458. The lowest BCUT2D eigenvalue weighted by atomic mass is 10.2. The van der Waals surface area contributed by atoms with Gasteiger partial charge in [0.25, 0.3) is 15.9 Å². The molecule has 9 heteroatoms. The van der Waals surface area contributed by atoms with Crippen molar-refractivity contribution in [2.24, 2.45) is 5.10 Å². The smallest absolute Gasteiger partial charge is 0.264 e. The zero-order valence-corrected chi connectivity index (χ0v) is 17.2. The minimum Gasteiger partial charge on any atom is -0.507 e. The normalized spacial score (nSPS) is 11.4. The number of hydrogen-bond donors (Lipinski definition) is 2. The molecule has 154 valence electrons. The summed E-state index contributed by atoms with van der Waals surface area (Å²) in [4.78, 5) is 12.5. The van der Waals surface area contributed by atoms with E-state index in [1.165, 1.54) is 36.5 Å². The summed E-state index contributed by atoms with van der Waals surface area (Å²) < 4.78 is 27.2. The molecule has 30 heavy (non-hydrogen) atoms. The van der Waals surface area contributed by atoms with Crippen LogP contribution < -0.4 is 9.73 Å². The topological polar surface area (TPSA) is 99.1 Å². The number of amides is 1. The fourth-order valence-corrected chi connectivity index (χ4v) is 4.15. The molecule has 0 saturated heterocycles. The number of rotatable bonds is 7. The number of aromatic hydroxyl groups is 1. The summed E-state index contributed by atoms with van der Waals surface area (Å²) in [5.41, 5.74) is 2.97. The number of phenolic OH excluding ortho intramolecular Hbond substituents is 1. The second-order valence-electron chi connectivity index (χ2n) is 6.15. The predicted molar refractivity (Wildman–Crippen MR) is 116 cm³/mol. The number of hydrogen-bond acceptors (Lipinski definition) is 5. The van der Waals surface area contributed by atoms with Crippen molar-refractivity contribution in [3.05, 3.63) is 89.4 Å². The molecule has 0 fully saturated rings. The fraction of sp³-hybridized carbons (Fsp3) is 0.0476. The predicted octanol–water partition coefficient (Wildman–Crippen LogP) is 3.39. The molecule has 7 nitrogen and oxygen atoms in total. The van der Waals surface area contributed by atoms with Gasteiger partial charge < -0.3 is 5.11 Å². The van der Waals surface area contributed by atoms with Gasteiger partial charge in [-0.2, -0.15) is 5.10 Å². The van der Waals surface area contributed by atoms with Crippen LogP contribution in [0.1, 0.15) is 5.56 Å². The van der Waals surface area contributed by atoms with Gasteiger partial charge in [-0.15, -0.1) is 0 Å². The van der Waals surface area contributed by atoms with E-state index in [1.54, 1.807) is 48.5 Å². The second kappa shape index (κ2) is 9.43. The monoisotopic (exact) mass is 443 g/mol. The first kappa shape index (κ1) is 21.4. The van der Waals surface area contributed by atoms with Crippen LogP contribution in [0.5, 0.6) is 5.75 Å². The average molecular weight is 444 g/mol. The van der Waals surface area contributed by atoms with Gasteiger partial charge in [0.1, 0.15) is 12.3 Å². The molecule has 0 aliphatic rings. The van der Waals surface area contributed by atoms with Crippen LogP contribution >= 0.6 is 11.6 Å². The fourth-order valence-electron chi connectivity index (χ4n) is 2.58. The van der Waals surface area contributed by atoms with Gasteiger partial charge in [0.2, 0.25) is 0 Å². The number of nitrogens with one attached hydrogen (secondary N) is 1. The zero-order valence-electron chi connectivity index (χ0n) is 15.6. The Kier molecular flexibility index (Phi) is 6.71. The third kappa shape index (κ3) is 5.16. The molecule has 0 unspecified atom stereocenters. The Balaban J connectivity index is 1.83. The number of sulfonamides is 1. The van der Waals surface area contributed by atoms with Crippen molar-refractivity contribution in [2.45, 2.75) is 4.90 Å². The van der Waals surface area contributed by atoms with E-state index < -0.39 is 22.5 Å². The first-order valence-electron chi connectivity index (χ1n) is 8.81. The Labute approximate surface area is 179 Å². The Morgan fingerprint density at radius 2 is 1.63 bits per heavy atom. The van der Waals surface area contributed by atoms with E-state index >= 15 is 0 Å². The first-order valence-corrected chi connectivity index (χ1v) is 10.6. The number of carbonyl (C=O) groups excluding carboxylic acids is 1. The zero-order chi connectivity index (χ0) is 21.6. The minimum atomic E-state index is -4.01. The molecule has 3 aromatic carbocycles. The number of anilines is 1. The highest BCUT2D eigenvalue weighted by Crippen LogP contribution is 2.25. The van der Waals surface area contributed by atoms with Crippen LogP contribution in [-0.2, 0) is 14.8 Å².